The van der Waals surface area contributed by atoms with Crippen LogP contribution in [0.2, 0.25) is 5.02 Å². The van der Waals surface area contributed by atoms with Crippen molar-refractivity contribution < 1.29 is 4.79 Å². The van der Waals surface area contributed by atoms with Gasteiger partial charge >= 0.3 is 0 Å². The number of likely N-dealkylation sites (N-methyl/N-ethyl adjacent to an activating group) is 1. The summed E-state index contributed by atoms with van der Waals surface area (Å²) in [5, 5.41) is 3.72. The van der Waals surface area contributed by atoms with Gasteiger partial charge in [-0.3, -0.25) is 4.79 Å². The Balaban J connectivity index is 1.48. The van der Waals surface area contributed by atoms with Crippen molar-refractivity contribution in [1.29, 1.82) is 0 Å². The molecule has 2 aromatic carbocycles. The third-order valence-corrected chi connectivity index (χ3v) is 8.77. The van der Waals surface area contributed by atoms with E-state index < -0.39 is 0 Å². The van der Waals surface area contributed by atoms with E-state index in [-0.39, 0.29) is 5.91 Å². The average Bonchev–Trinajstić information content (AvgIpc) is 3.29. The summed E-state index contributed by atoms with van der Waals surface area (Å²) in [6, 6.07) is 13.8. The van der Waals surface area contributed by atoms with Gasteiger partial charge < -0.3 is 15.1 Å². The Labute approximate surface area is 186 Å². The van der Waals surface area contributed by atoms with Crippen LogP contribution in [0.1, 0.15) is 27.4 Å². The molecule has 4 rings (SSSR count). The van der Waals surface area contributed by atoms with Crippen LogP contribution in [0.25, 0.3) is 0 Å². The Morgan fingerprint density at radius 1 is 1.07 bits per heavy atom. The van der Waals surface area contributed by atoms with E-state index in [1.54, 1.807) is 0 Å². The zero-order valence-electron chi connectivity index (χ0n) is 16.6. The number of hydrogen-bond donors (Lipinski definition) is 1. The number of piperazine rings is 1. The number of thioether (sulfide) groups is 2. The predicted octanol–water partition coefficient (Wildman–Crippen LogP) is 5.21. The van der Waals surface area contributed by atoms with Crippen molar-refractivity contribution in [1.82, 2.24) is 4.90 Å². The highest BCUT2D eigenvalue weighted by atomic mass is 35.5. The molecule has 0 aliphatic carbocycles. The summed E-state index contributed by atoms with van der Waals surface area (Å²) in [6.45, 7) is 7.23. The van der Waals surface area contributed by atoms with Crippen molar-refractivity contribution in [3.8, 4) is 0 Å². The fraction of sp³-hybridized carbons (Fsp3) is 0.409. The van der Waals surface area contributed by atoms with Gasteiger partial charge in [0.15, 0.2) is 0 Å². The van der Waals surface area contributed by atoms with Crippen LogP contribution in [0, 0.1) is 0 Å². The van der Waals surface area contributed by atoms with E-state index in [0.29, 0.717) is 15.2 Å². The minimum atomic E-state index is -0.0982. The number of nitrogens with zero attached hydrogens (tertiary/aromatic N) is 2. The maximum absolute atomic E-state index is 12.9. The maximum atomic E-state index is 12.9. The van der Waals surface area contributed by atoms with E-state index in [4.69, 9.17) is 11.6 Å². The number of amides is 1. The molecule has 4 nitrogen and oxygen atoms in total. The van der Waals surface area contributed by atoms with Crippen molar-refractivity contribution in [3.63, 3.8) is 0 Å². The van der Waals surface area contributed by atoms with Crippen LogP contribution in [0.5, 0.6) is 0 Å². The summed E-state index contributed by atoms with van der Waals surface area (Å²) >= 11 is 10.2. The Hall–Kier alpha value is -1.34. The van der Waals surface area contributed by atoms with Crippen LogP contribution in [-0.4, -0.2) is 55.0 Å². The molecule has 7 heteroatoms. The minimum Gasteiger partial charge on any atom is -0.367 e. The van der Waals surface area contributed by atoms with E-state index in [2.05, 4.69) is 34.2 Å². The van der Waals surface area contributed by atoms with E-state index in [0.717, 1.165) is 44.1 Å². The smallest absolute Gasteiger partial charge is 0.255 e. The van der Waals surface area contributed by atoms with Gasteiger partial charge in [-0.05, 0) is 42.4 Å². The molecule has 2 heterocycles. The highest BCUT2D eigenvalue weighted by molar-refractivity contribution is 8.19. The third-order valence-electron chi connectivity index (χ3n) is 5.43. The van der Waals surface area contributed by atoms with Crippen molar-refractivity contribution in [2.24, 2.45) is 0 Å². The van der Waals surface area contributed by atoms with Crippen LogP contribution >= 0.6 is 35.1 Å². The molecule has 154 valence electrons. The van der Waals surface area contributed by atoms with Gasteiger partial charge in [0, 0.05) is 48.3 Å². The molecule has 2 aliphatic rings. The number of halogens is 1. The lowest BCUT2D eigenvalue weighted by atomic mass is 10.1. The molecule has 0 saturated carbocycles. The molecule has 1 N–H and O–H groups in total. The van der Waals surface area contributed by atoms with E-state index in [1.165, 1.54) is 17.1 Å². The first-order valence-electron chi connectivity index (χ1n) is 10.1. The molecule has 2 aromatic rings. The zero-order valence-corrected chi connectivity index (χ0v) is 19.0. The third kappa shape index (κ3) is 5.05. The monoisotopic (exact) mass is 447 g/mol. The molecular formula is C22H26ClN3OS2. The standard InChI is InChI=1S/C22H26ClN3OS2/c1-2-25-9-11-26(12-10-25)20-8-7-18(23)15-19(20)24-21(27)16-3-5-17(6-4-16)22-28-13-14-29-22/h3-8,15,22H,2,9-14H2,1H3,(H,24,27). The lowest BCUT2D eigenvalue weighted by Crippen LogP contribution is -2.46. The average molecular weight is 448 g/mol. The number of hydrogen-bond acceptors (Lipinski definition) is 5. The van der Waals surface area contributed by atoms with Gasteiger partial charge in [-0.25, -0.2) is 0 Å². The van der Waals surface area contributed by atoms with E-state index >= 15 is 0 Å². The molecule has 0 bridgehead atoms. The van der Waals surface area contributed by atoms with Gasteiger partial charge in [-0.2, -0.15) is 0 Å². The summed E-state index contributed by atoms with van der Waals surface area (Å²) in [4.78, 5) is 17.7. The number of anilines is 2. The number of nitrogens with one attached hydrogen (secondary N) is 1. The molecule has 0 radical (unpaired) electrons. The van der Waals surface area contributed by atoms with Gasteiger partial charge in [0.25, 0.3) is 5.91 Å². The lowest BCUT2D eigenvalue weighted by molar-refractivity contribution is 0.102. The largest absolute Gasteiger partial charge is 0.367 e. The lowest BCUT2D eigenvalue weighted by Gasteiger charge is -2.36. The molecule has 0 spiro atoms. The summed E-state index contributed by atoms with van der Waals surface area (Å²) in [6.07, 6.45) is 0. The van der Waals surface area contributed by atoms with Crippen molar-refractivity contribution >= 4 is 52.4 Å². The van der Waals surface area contributed by atoms with Crippen LogP contribution in [0.3, 0.4) is 0 Å². The first kappa shape index (κ1) is 20.9. The fourth-order valence-electron chi connectivity index (χ4n) is 3.73. The number of carbonyl (C=O) groups is 1. The van der Waals surface area contributed by atoms with Crippen LogP contribution in [-0.2, 0) is 0 Å². The summed E-state index contributed by atoms with van der Waals surface area (Å²) < 4.78 is 0.494. The second kappa shape index (κ2) is 9.65. The van der Waals surface area contributed by atoms with E-state index in [9.17, 15) is 4.79 Å². The fourth-order valence-corrected chi connectivity index (χ4v) is 6.76. The summed E-state index contributed by atoms with van der Waals surface area (Å²) in [5.74, 6) is 2.29. The van der Waals surface area contributed by atoms with E-state index in [1.807, 2.05) is 53.9 Å². The minimum absolute atomic E-state index is 0.0982. The zero-order chi connectivity index (χ0) is 20.2. The van der Waals surface area contributed by atoms with Crippen LogP contribution in [0.4, 0.5) is 11.4 Å². The Bertz CT molecular complexity index is 848. The molecule has 1 amide bonds. The number of benzene rings is 2. The van der Waals surface area contributed by atoms with Crippen LogP contribution < -0.4 is 10.2 Å². The quantitative estimate of drug-likeness (QED) is 0.680. The van der Waals surface area contributed by atoms with Crippen molar-refractivity contribution in [2.45, 2.75) is 11.5 Å². The normalized spacial score (nSPS) is 18.2. The van der Waals surface area contributed by atoms with Crippen molar-refractivity contribution in [3.05, 3.63) is 58.6 Å². The first-order valence-corrected chi connectivity index (χ1v) is 12.5. The maximum Gasteiger partial charge on any atom is 0.255 e. The molecule has 2 aliphatic heterocycles. The molecule has 29 heavy (non-hydrogen) atoms. The van der Waals surface area contributed by atoms with Gasteiger partial charge in [-0.15, -0.1) is 23.5 Å². The Morgan fingerprint density at radius 3 is 2.41 bits per heavy atom. The molecule has 0 aromatic heterocycles. The Morgan fingerprint density at radius 2 is 1.76 bits per heavy atom. The summed E-state index contributed by atoms with van der Waals surface area (Å²) in [5.41, 5.74) is 3.77. The highest BCUT2D eigenvalue weighted by Gasteiger charge is 2.21. The Kier molecular flexibility index (Phi) is 6.96. The second-order valence-corrected chi connectivity index (χ2v) is 10.4. The molecule has 0 unspecified atom stereocenters. The van der Waals surface area contributed by atoms with Gasteiger partial charge in [-0.1, -0.05) is 30.7 Å². The number of carbonyl (C=O) groups excluding carboxylic acids is 1. The molecule has 2 saturated heterocycles. The predicted molar refractivity (Wildman–Crippen MR) is 128 cm³/mol. The topological polar surface area (TPSA) is 35.6 Å². The SMILES string of the molecule is CCN1CCN(c2ccc(Cl)cc2NC(=O)c2ccc(C3SCCS3)cc2)CC1. The molecular weight excluding hydrogens is 422 g/mol. The molecule has 2 fully saturated rings. The summed E-state index contributed by atoms with van der Waals surface area (Å²) in [7, 11) is 0. The van der Waals surface area contributed by atoms with Gasteiger partial charge in [0.2, 0.25) is 0 Å². The number of rotatable bonds is 5. The highest BCUT2D eigenvalue weighted by Crippen LogP contribution is 2.45. The second-order valence-electron chi connectivity index (χ2n) is 7.23. The van der Waals surface area contributed by atoms with Crippen molar-refractivity contribution in [2.75, 3.05) is 54.4 Å². The van der Waals surface area contributed by atoms with Gasteiger partial charge in [0.05, 0.1) is 16.0 Å². The molecule has 0 atom stereocenters. The van der Waals surface area contributed by atoms with Crippen LogP contribution in [0.15, 0.2) is 42.5 Å². The first-order chi connectivity index (χ1) is 14.1. The van der Waals surface area contributed by atoms with Gasteiger partial charge in [0.1, 0.15) is 0 Å².